The van der Waals surface area contributed by atoms with Gasteiger partial charge in [0.05, 0.1) is 12.6 Å². The molecule has 0 aliphatic heterocycles. The predicted molar refractivity (Wildman–Crippen MR) is 116 cm³/mol. The first-order chi connectivity index (χ1) is 13.7. The molecular weight excluding hydrogens is 392 g/mol. The van der Waals surface area contributed by atoms with Crippen LogP contribution in [0.15, 0.2) is 53.1 Å². The van der Waals surface area contributed by atoms with Gasteiger partial charge in [-0.25, -0.2) is 4.99 Å². The van der Waals surface area contributed by atoms with Crippen molar-refractivity contribution in [1.82, 2.24) is 25.4 Å². The van der Waals surface area contributed by atoms with Crippen molar-refractivity contribution in [2.75, 3.05) is 6.54 Å². The predicted octanol–water partition coefficient (Wildman–Crippen LogP) is 4.05. The molecule has 1 aromatic carbocycles. The fraction of sp³-hybridized carbons (Fsp3) is 0.350. The number of aromatic nitrogens is 3. The average Bonchev–Trinajstić information content (AvgIpc) is 3.38. The van der Waals surface area contributed by atoms with Crippen molar-refractivity contribution in [2.45, 2.75) is 39.4 Å². The largest absolute Gasteiger partial charge is 0.355 e. The molecule has 0 aliphatic carbocycles. The van der Waals surface area contributed by atoms with Gasteiger partial charge in [-0.2, -0.15) is 0 Å². The Morgan fingerprint density at radius 1 is 1.29 bits per heavy atom. The number of halogens is 1. The monoisotopic (exact) mass is 416 g/mol. The third-order valence-corrected chi connectivity index (χ3v) is 5.47. The molecule has 3 aromatic rings. The van der Waals surface area contributed by atoms with E-state index in [2.05, 4.69) is 50.7 Å². The van der Waals surface area contributed by atoms with E-state index in [-0.39, 0.29) is 6.04 Å². The molecule has 3 rings (SSSR count). The van der Waals surface area contributed by atoms with Crippen molar-refractivity contribution in [3.63, 3.8) is 0 Å². The smallest absolute Gasteiger partial charge is 0.192 e. The lowest BCUT2D eigenvalue weighted by Crippen LogP contribution is -2.40. The molecule has 148 valence electrons. The third-order valence-electron chi connectivity index (χ3n) is 4.35. The number of aryl methyl sites for hydroxylation is 1. The van der Waals surface area contributed by atoms with Crippen LogP contribution in [0.3, 0.4) is 0 Å². The Morgan fingerprint density at radius 3 is 2.82 bits per heavy atom. The van der Waals surface area contributed by atoms with Crippen LogP contribution >= 0.6 is 22.9 Å². The summed E-state index contributed by atoms with van der Waals surface area (Å²) in [5, 5.41) is 17.8. The van der Waals surface area contributed by atoms with Crippen LogP contribution in [0.5, 0.6) is 0 Å². The second-order valence-corrected chi connectivity index (χ2v) is 7.85. The van der Waals surface area contributed by atoms with E-state index in [1.807, 2.05) is 30.3 Å². The van der Waals surface area contributed by atoms with Gasteiger partial charge in [0.1, 0.15) is 12.2 Å². The number of hydrogen-bond acceptors (Lipinski definition) is 4. The Labute approximate surface area is 174 Å². The maximum atomic E-state index is 6.00. The van der Waals surface area contributed by atoms with Crippen LogP contribution < -0.4 is 10.6 Å². The molecular formula is C20H25ClN6S. The second-order valence-electron chi connectivity index (χ2n) is 6.38. The zero-order valence-corrected chi connectivity index (χ0v) is 17.7. The second kappa shape index (κ2) is 10.2. The summed E-state index contributed by atoms with van der Waals surface area (Å²) in [6.07, 6.45) is 2.64. The minimum absolute atomic E-state index is 0.105. The van der Waals surface area contributed by atoms with Crippen molar-refractivity contribution in [1.29, 1.82) is 0 Å². The Hall–Kier alpha value is -2.38. The van der Waals surface area contributed by atoms with Crippen molar-refractivity contribution in [2.24, 2.45) is 4.99 Å². The van der Waals surface area contributed by atoms with Crippen LogP contribution in [0, 0.1) is 0 Å². The normalized spacial score (nSPS) is 12.8. The molecule has 0 amide bonds. The number of benzene rings is 1. The number of nitrogens with zero attached hydrogens (tertiary/aromatic N) is 4. The SMILES string of the molecule is CCc1nncn1CCNC(=NCc1cccs1)NC(C)c1ccc(Cl)cc1. The van der Waals surface area contributed by atoms with Crippen molar-refractivity contribution < 1.29 is 0 Å². The number of nitrogens with one attached hydrogen (secondary N) is 2. The molecule has 8 heteroatoms. The number of aliphatic imine (C=N–C) groups is 1. The van der Waals surface area contributed by atoms with E-state index in [1.165, 1.54) is 4.88 Å². The molecule has 2 aromatic heterocycles. The van der Waals surface area contributed by atoms with Gasteiger partial charge in [0.15, 0.2) is 5.96 Å². The topological polar surface area (TPSA) is 67.1 Å². The summed E-state index contributed by atoms with van der Waals surface area (Å²) in [5.41, 5.74) is 1.15. The number of guanidine groups is 1. The van der Waals surface area contributed by atoms with Gasteiger partial charge in [0.2, 0.25) is 0 Å². The molecule has 6 nitrogen and oxygen atoms in total. The number of rotatable bonds is 8. The van der Waals surface area contributed by atoms with Crippen LogP contribution in [-0.4, -0.2) is 27.3 Å². The van der Waals surface area contributed by atoms with Crippen molar-refractivity contribution in [3.05, 3.63) is 69.4 Å². The van der Waals surface area contributed by atoms with Crippen LogP contribution in [0.2, 0.25) is 5.02 Å². The molecule has 2 heterocycles. The highest BCUT2D eigenvalue weighted by Crippen LogP contribution is 2.16. The van der Waals surface area contributed by atoms with Crippen LogP contribution in [0.1, 0.15) is 36.2 Å². The summed E-state index contributed by atoms with van der Waals surface area (Å²) in [7, 11) is 0. The Balaban J connectivity index is 1.63. The van der Waals surface area contributed by atoms with Crippen LogP contribution in [-0.2, 0) is 19.5 Å². The summed E-state index contributed by atoms with van der Waals surface area (Å²) in [6, 6.07) is 12.1. The fourth-order valence-electron chi connectivity index (χ4n) is 2.79. The average molecular weight is 417 g/mol. The maximum absolute atomic E-state index is 6.00. The summed E-state index contributed by atoms with van der Waals surface area (Å²) in [4.78, 5) is 5.98. The van der Waals surface area contributed by atoms with E-state index in [9.17, 15) is 0 Å². The summed E-state index contributed by atoms with van der Waals surface area (Å²) in [5.74, 6) is 1.77. The van der Waals surface area contributed by atoms with E-state index in [0.29, 0.717) is 6.54 Å². The molecule has 0 saturated heterocycles. The van der Waals surface area contributed by atoms with Crippen LogP contribution in [0.25, 0.3) is 0 Å². The van der Waals surface area contributed by atoms with Gasteiger partial charge in [0, 0.05) is 29.4 Å². The lowest BCUT2D eigenvalue weighted by molar-refractivity contribution is 0.619. The molecule has 0 spiro atoms. The molecule has 28 heavy (non-hydrogen) atoms. The quantitative estimate of drug-likeness (QED) is 0.429. The maximum Gasteiger partial charge on any atom is 0.192 e. The summed E-state index contributed by atoms with van der Waals surface area (Å²) >= 11 is 7.71. The van der Waals surface area contributed by atoms with Gasteiger partial charge in [-0.1, -0.05) is 36.7 Å². The van der Waals surface area contributed by atoms with E-state index in [1.54, 1.807) is 17.7 Å². The minimum atomic E-state index is 0.105. The molecule has 0 radical (unpaired) electrons. The first kappa shape index (κ1) is 20.4. The van der Waals surface area contributed by atoms with Crippen LogP contribution in [0.4, 0.5) is 0 Å². The van der Waals surface area contributed by atoms with Crippen molar-refractivity contribution in [3.8, 4) is 0 Å². The first-order valence-corrected chi connectivity index (χ1v) is 10.6. The summed E-state index contributed by atoms with van der Waals surface area (Å²) in [6.45, 7) is 6.35. The standard InChI is InChI=1S/C20H25ClN6S/c1-3-19-26-24-14-27(19)11-10-22-20(23-13-18-5-4-12-28-18)25-15(2)16-6-8-17(21)9-7-16/h4-9,12,14-15H,3,10-11,13H2,1-2H3,(H2,22,23,25). The highest BCUT2D eigenvalue weighted by atomic mass is 35.5. The Kier molecular flexibility index (Phi) is 7.45. The molecule has 0 bridgehead atoms. The molecule has 1 unspecified atom stereocenters. The molecule has 2 N–H and O–H groups in total. The van der Waals surface area contributed by atoms with Crippen molar-refractivity contribution >= 4 is 28.9 Å². The zero-order chi connectivity index (χ0) is 19.8. The highest BCUT2D eigenvalue weighted by Gasteiger charge is 2.09. The lowest BCUT2D eigenvalue weighted by Gasteiger charge is -2.19. The van der Waals surface area contributed by atoms with Gasteiger partial charge < -0.3 is 15.2 Å². The molecule has 0 fully saturated rings. The van der Waals surface area contributed by atoms with E-state index < -0.39 is 0 Å². The number of thiophene rings is 1. The van der Waals surface area contributed by atoms with Gasteiger partial charge in [-0.15, -0.1) is 21.5 Å². The molecule has 0 aliphatic rings. The lowest BCUT2D eigenvalue weighted by atomic mass is 10.1. The van der Waals surface area contributed by atoms with Gasteiger partial charge in [-0.05, 0) is 36.1 Å². The van der Waals surface area contributed by atoms with Gasteiger partial charge in [-0.3, -0.25) is 0 Å². The third kappa shape index (κ3) is 5.81. The fourth-order valence-corrected chi connectivity index (χ4v) is 3.54. The molecule has 1 atom stereocenters. The zero-order valence-electron chi connectivity index (χ0n) is 16.1. The first-order valence-electron chi connectivity index (χ1n) is 9.35. The minimum Gasteiger partial charge on any atom is -0.355 e. The van der Waals surface area contributed by atoms with Gasteiger partial charge >= 0.3 is 0 Å². The van der Waals surface area contributed by atoms with Gasteiger partial charge in [0.25, 0.3) is 0 Å². The Morgan fingerprint density at radius 2 is 2.11 bits per heavy atom. The van der Waals surface area contributed by atoms with E-state index in [0.717, 1.165) is 41.9 Å². The Bertz CT molecular complexity index is 873. The van der Waals surface area contributed by atoms with E-state index in [4.69, 9.17) is 16.6 Å². The summed E-state index contributed by atoms with van der Waals surface area (Å²) < 4.78 is 2.06. The number of hydrogen-bond donors (Lipinski definition) is 2. The van der Waals surface area contributed by atoms with E-state index >= 15 is 0 Å². The molecule has 0 saturated carbocycles. The highest BCUT2D eigenvalue weighted by molar-refractivity contribution is 7.09.